The SMILES string of the molecule is CCSc1cccc(NCC2CCN(CC)CC2)c1C#N. The third-order valence-corrected chi connectivity index (χ3v) is 5.11. The molecule has 0 bridgehead atoms. The van der Waals surface area contributed by atoms with Gasteiger partial charge in [0.1, 0.15) is 6.07 Å². The molecule has 114 valence electrons. The number of nitrogens with one attached hydrogen (secondary N) is 1. The molecule has 1 N–H and O–H groups in total. The van der Waals surface area contributed by atoms with E-state index < -0.39 is 0 Å². The van der Waals surface area contributed by atoms with E-state index >= 15 is 0 Å². The largest absolute Gasteiger partial charge is 0.384 e. The topological polar surface area (TPSA) is 39.1 Å². The average Bonchev–Trinajstić information content (AvgIpc) is 2.54. The molecule has 3 nitrogen and oxygen atoms in total. The van der Waals surface area contributed by atoms with Gasteiger partial charge >= 0.3 is 0 Å². The lowest BCUT2D eigenvalue weighted by Gasteiger charge is -2.31. The van der Waals surface area contributed by atoms with Gasteiger partial charge in [-0.1, -0.05) is 19.9 Å². The number of benzene rings is 1. The predicted octanol–water partition coefficient (Wildman–Crippen LogP) is 3.81. The Bertz CT molecular complexity index is 487. The molecule has 1 aromatic carbocycles. The van der Waals surface area contributed by atoms with Crippen LogP contribution >= 0.6 is 11.8 Å². The summed E-state index contributed by atoms with van der Waals surface area (Å²) in [7, 11) is 0. The number of nitriles is 1. The molecule has 0 unspecified atom stereocenters. The summed E-state index contributed by atoms with van der Waals surface area (Å²) in [6.45, 7) is 8.91. The third kappa shape index (κ3) is 4.39. The molecule has 0 spiro atoms. The summed E-state index contributed by atoms with van der Waals surface area (Å²) in [6.07, 6.45) is 2.51. The van der Waals surface area contributed by atoms with Gasteiger partial charge < -0.3 is 10.2 Å². The van der Waals surface area contributed by atoms with Crippen molar-refractivity contribution in [3.8, 4) is 6.07 Å². The second-order valence-electron chi connectivity index (χ2n) is 5.48. The van der Waals surface area contributed by atoms with Gasteiger partial charge in [-0.3, -0.25) is 0 Å². The van der Waals surface area contributed by atoms with Crippen LogP contribution in [-0.4, -0.2) is 36.8 Å². The molecule has 1 heterocycles. The number of rotatable bonds is 6. The Morgan fingerprint density at radius 1 is 1.33 bits per heavy atom. The number of nitrogens with zero attached hydrogens (tertiary/aromatic N) is 2. The van der Waals surface area contributed by atoms with Crippen molar-refractivity contribution in [2.24, 2.45) is 5.92 Å². The molecular formula is C17H25N3S. The zero-order valence-corrected chi connectivity index (χ0v) is 13.9. The van der Waals surface area contributed by atoms with Gasteiger partial charge in [-0.25, -0.2) is 0 Å². The van der Waals surface area contributed by atoms with Crippen LogP contribution in [0.1, 0.15) is 32.3 Å². The lowest BCUT2D eigenvalue weighted by Crippen LogP contribution is -2.35. The highest BCUT2D eigenvalue weighted by Crippen LogP contribution is 2.28. The van der Waals surface area contributed by atoms with Crippen molar-refractivity contribution in [2.45, 2.75) is 31.6 Å². The lowest BCUT2D eigenvalue weighted by atomic mass is 9.96. The van der Waals surface area contributed by atoms with E-state index in [0.29, 0.717) is 0 Å². The second-order valence-corrected chi connectivity index (χ2v) is 6.79. The van der Waals surface area contributed by atoms with Crippen molar-refractivity contribution in [1.82, 2.24) is 4.90 Å². The standard InChI is InChI=1S/C17H25N3S/c1-3-20-10-8-14(9-11-20)13-19-16-6-5-7-17(21-4-2)15(16)12-18/h5-7,14,19H,3-4,8-11,13H2,1-2H3. The van der Waals surface area contributed by atoms with Gasteiger partial charge in [0.05, 0.1) is 11.3 Å². The van der Waals surface area contributed by atoms with Crippen LogP contribution in [0.2, 0.25) is 0 Å². The van der Waals surface area contributed by atoms with E-state index in [1.54, 1.807) is 11.8 Å². The van der Waals surface area contributed by atoms with Crippen molar-refractivity contribution in [2.75, 3.05) is 37.2 Å². The number of thioether (sulfide) groups is 1. The molecule has 0 radical (unpaired) electrons. The van der Waals surface area contributed by atoms with Crippen LogP contribution in [-0.2, 0) is 0 Å². The van der Waals surface area contributed by atoms with E-state index in [4.69, 9.17) is 0 Å². The van der Waals surface area contributed by atoms with Gasteiger partial charge in [0.15, 0.2) is 0 Å². The highest BCUT2D eigenvalue weighted by atomic mass is 32.2. The molecule has 1 aliphatic rings. The molecule has 0 aromatic heterocycles. The fraction of sp³-hybridized carbons (Fsp3) is 0.588. The van der Waals surface area contributed by atoms with E-state index in [1.165, 1.54) is 25.9 Å². The van der Waals surface area contributed by atoms with E-state index in [1.807, 2.05) is 18.2 Å². The highest BCUT2D eigenvalue weighted by molar-refractivity contribution is 7.99. The van der Waals surface area contributed by atoms with Crippen LogP contribution in [0.15, 0.2) is 23.1 Å². The van der Waals surface area contributed by atoms with Crippen LogP contribution in [0.3, 0.4) is 0 Å². The first kappa shape index (κ1) is 16.2. The van der Waals surface area contributed by atoms with Crippen molar-refractivity contribution in [3.63, 3.8) is 0 Å². The van der Waals surface area contributed by atoms with Crippen LogP contribution in [0.5, 0.6) is 0 Å². The molecule has 0 aliphatic carbocycles. The van der Waals surface area contributed by atoms with Gasteiger partial charge in [0.2, 0.25) is 0 Å². The summed E-state index contributed by atoms with van der Waals surface area (Å²) in [5.74, 6) is 1.72. The number of likely N-dealkylation sites (tertiary alicyclic amines) is 1. The summed E-state index contributed by atoms with van der Waals surface area (Å²) in [5, 5.41) is 12.9. The zero-order valence-electron chi connectivity index (χ0n) is 13.1. The molecule has 4 heteroatoms. The summed E-state index contributed by atoms with van der Waals surface area (Å²) < 4.78 is 0. The minimum Gasteiger partial charge on any atom is -0.384 e. The Morgan fingerprint density at radius 3 is 2.71 bits per heavy atom. The quantitative estimate of drug-likeness (QED) is 0.811. The van der Waals surface area contributed by atoms with Crippen LogP contribution < -0.4 is 5.32 Å². The predicted molar refractivity (Wildman–Crippen MR) is 90.9 cm³/mol. The van der Waals surface area contributed by atoms with Crippen molar-refractivity contribution in [1.29, 1.82) is 5.26 Å². The molecule has 1 fully saturated rings. The molecule has 0 amide bonds. The number of hydrogen-bond donors (Lipinski definition) is 1. The van der Waals surface area contributed by atoms with Gasteiger partial charge in [0, 0.05) is 11.4 Å². The molecule has 1 aliphatic heterocycles. The number of hydrogen-bond acceptors (Lipinski definition) is 4. The van der Waals surface area contributed by atoms with Crippen molar-refractivity contribution in [3.05, 3.63) is 23.8 Å². The summed E-state index contributed by atoms with van der Waals surface area (Å²) >= 11 is 1.74. The summed E-state index contributed by atoms with van der Waals surface area (Å²) in [4.78, 5) is 3.60. The molecule has 0 saturated carbocycles. The first-order chi connectivity index (χ1) is 10.3. The molecule has 1 aromatic rings. The molecule has 0 atom stereocenters. The smallest absolute Gasteiger partial charge is 0.102 e. The molecule has 1 saturated heterocycles. The Labute approximate surface area is 132 Å². The molecule has 2 rings (SSSR count). The number of anilines is 1. The van der Waals surface area contributed by atoms with Crippen molar-refractivity contribution >= 4 is 17.4 Å². The molecular weight excluding hydrogens is 278 g/mol. The minimum absolute atomic E-state index is 0.724. The lowest BCUT2D eigenvalue weighted by molar-refractivity contribution is 0.198. The van der Waals surface area contributed by atoms with Gasteiger partial charge in [-0.15, -0.1) is 11.8 Å². The summed E-state index contributed by atoms with van der Waals surface area (Å²) in [6, 6.07) is 8.47. The van der Waals surface area contributed by atoms with E-state index in [0.717, 1.165) is 40.9 Å². The van der Waals surface area contributed by atoms with E-state index in [2.05, 4.69) is 30.1 Å². The van der Waals surface area contributed by atoms with Crippen LogP contribution in [0, 0.1) is 17.2 Å². The van der Waals surface area contributed by atoms with E-state index in [9.17, 15) is 5.26 Å². The highest BCUT2D eigenvalue weighted by Gasteiger charge is 2.18. The second kappa shape index (κ2) is 8.31. The Kier molecular flexibility index (Phi) is 6.41. The number of piperidine rings is 1. The van der Waals surface area contributed by atoms with Gasteiger partial charge in [-0.2, -0.15) is 5.26 Å². The first-order valence-electron chi connectivity index (χ1n) is 7.90. The minimum atomic E-state index is 0.724. The molecule has 21 heavy (non-hydrogen) atoms. The monoisotopic (exact) mass is 303 g/mol. The van der Waals surface area contributed by atoms with Gasteiger partial charge in [-0.05, 0) is 56.3 Å². The fourth-order valence-electron chi connectivity index (χ4n) is 2.83. The average molecular weight is 303 g/mol. The first-order valence-corrected chi connectivity index (χ1v) is 8.89. The Balaban J connectivity index is 1.94. The maximum Gasteiger partial charge on any atom is 0.102 e. The third-order valence-electron chi connectivity index (χ3n) is 4.17. The van der Waals surface area contributed by atoms with Gasteiger partial charge in [0.25, 0.3) is 0 Å². The van der Waals surface area contributed by atoms with Crippen LogP contribution in [0.25, 0.3) is 0 Å². The maximum atomic E-state index is 9.42. The van der Waals surface area contributed by atoms with Crippen molar-refractivity contribution < 1.29 is 0 Å². The maximum absolute atomic E-state index is 9.42. The zero-order chi connectivity index (χ0) is 15.1. The fourth-order valence-corrected chi connectivity index (χ4v) is 3.62. The normalized spacial score (nSPS) is 16.6. The Morgan fingerprint density at radius 2 is 2.10 bits per heavy atom. The summed E-state index contributed by atoms with van der Waals surface area (Å²) in [5.41, 5.74) is 1.80. The van der Waals surface area contributed by atoms with Crippen LogP contribution in [0.4, 0.5) is 5.69 Å². The Hall–Kier alpha value is -1.18. The van der Waals surface area contributed by atoms with E-state index in [-0.39, 0.29) is 0 Å².